The predicted molar refractivity (Wildman–Crippen MR) is 182 cm³/mol. The van der Waals surface area contributed by atoms with Crippen molar-refractivity contribution in [2.45, 2.75) is 56.8 Å². The molecule has 1 fully saturated rings. The van der Waals surface area contributed by atoms with E-state index in [0.717, 1.165) is 38.7 Å². The maximum Gasteiger partial charge on any atom is 0.321 e. The molecular formula is C37H38N8O3. The van der Waals surface area contributed by atoms with Crippen molar-refractivity contribution in [3.8, 4) is 0 Å². The van der Waals surface area contributed by atoms with Crippen molar-refractivity contribution in [2.24, 2.45) is 0 Å². The Kier molecular flexibility index (Phi) is 8.87. The van der Waals surface area contributed by atoms with Crippen molar-refractivity contribution >= 4 is 22.6 Å². The standard InChI is InChI=1S/C37H38N8O3/c38-31-13-11-27(16-30(31)22-43-24-39-23-41-43)20-44-33(17-25-7-3-1-4-8-25)35(46)36(47)34(18-26-9-5-2-6-10-26)45(37(44)48)21-28-12-14-32-29(15-28)19-40-42-32/h1-16,19,23-24,33-36,46-47H,17-18,20-22,38H2,(H,40,42)/t33-,34-,35+,36+/m1/s1. The molecule has 0 spiro atoms. The van der Waals surface area contributed by atoms with E-state index in [0.29, 0.717) is 25.1 Å². The molecule has 4 atom stereocenters. The van der Waals surface area contributed by atoms with Crippen LogP contribution in [0.4, 0.5) is 10.5 Å². The number of fused-ring (bicyclic) bond motifs is 1. The third kappa shape index (κ3) is 6.64. The second kappa shape index (κ2) is 13.7. The first-order valence-electron chi connectivity index (χ1n) is 16.1. The van der Waals surface area contributed by atoms with Gasteiger partial charge in [-0.15, -0.1) is 0 Å². The van der Waals surface area contributed by atoms with Gasteiger partial charge in [-0.25, -0.2) is 14.5 Å². The van der Waals surface area contributed by atoms with Crippen LogP contribution in [-0.4, -0.2) is 75.3 Å². The molecular weight excluding hydrogens is 604 g/mol. The maximum absolute atomic E-state index is 15.0. The zero-order valence-electron chi connectivity index (χ0n) is 26.4. The first-order chi connectivity index (χ1) is 23.4. The van der Waals surface area contributed by atoms with Gasteiger partial charge < -0.3 is 25.7 Å². The van der Waals surface area contributed by atoms with E-state index in [4.69, 9.17) is 5.73 Å². The van der Waals surface area contributed by atoms with Gasteiger partial charge in [0.1, 0.15) is 24.9 Å². The molecule has 3 heterocycles. The van der Waals surface area contributed by atoms with Crippen LogP contribution in [0.3, 0.4) is 0 Å². The first kappa shape index (κ1) is 31.1. The van der Waals surface area contributed by atoms with Crippen molar-refractivity contribution in [3.63, 3.8) is 0 Å². The quantitative estimate of drug-likeness (QED) is 0.164. The number of anilines is 1. The number of carbonyl (C=O) groups excluding carboxylic acids is 1. The number of amides is 2. The van der Waals surface area contributed by atoms with E-state index < -0.39 is 24.3 Å². The van der Waals surface area contributed by atoms with E-state index in [9.17, 15) is 10.2 Å². The van der Waals surface area contributed by atoms with Crippen LogP contribution in [0.25, 0.3) is 10.9 Å². The highest BCUT2D eigenvalue weighted by molar-refractivity contribution is 5.79. The second-order valence-electron chi connectivity index (χ2n) is 12.5. The highest BCUT2D eigenvalue weighted by Crippen LogP contribution is 2.31. The van der Waals surface area contributed by atoms with Gasteiger partial charge in [0, 0.05) is 24.2 Å². The van der Waals surface area contributed by atoms with E-state index in [2.05, 4.69) is 20.3 Å². The zero-order valence-corrected chi connectivity index (χ0v) is 26.4. The molecule has 7 rings (SSSR count). The van der Waals surface area contributed by atoms with Crippen LogP contribution < -0.4 is 5.73 Å². The number of aromatic nitrogens is 5. The van der Waals surface area contributed by atoms with Gasteiger partial charge in [0.05, 0.1) is 30.3 Å². The Balaban J connectivity index is 1.30. The normalized spacial score (nSPS) is 19.9. The smallest absolute Gasteiger partial charge is 0.321 e. The Labute approximate surface area is 278 Å². The molecule has 1 aliphatic rings. The summed E-state index contributed by atoms with van der Waals surface area (Å²) in [6.07, 6.45) is 3.13. The molecule has 5 N–H and O–H groups in total. The number of rotatable bonds is 10. The number of nitrogen functional groups attached to an aromatic ring is 1. The summed E-state index contributed by atoms with van der Waals surface area (Å²) in [5.74, 6) is 0. The topological polar surface area (TPSA) is 149 Å². The molecule has 2 amide bonds. The molecule has 1 saturated heterocycles. The van der Waals surface area contributed by atoms with Gasteiger partial charge in [0.25, 0.3) is 0 Å². The molecule has 6 aromatic rings. The van der Waals surface area contributed by atoms with Crippen LogP contribution in [0.5, 0.6) is 0 Å². The number of urea groups is 1. The predicted octanol–water partition coefficient (Wildman–Crippen LogP) is 4.17. The summed E-state index contributed by atoms with van der Waals surface area (Å²) in [7, 11) is 0. The Morgan fingerprint density at radius 2 is 1.33 bits per heavy atom. The summed E-state index contributed by atoms with van der Waals surface area (Å²) in [4.78, 5) is 22.5. The number of nitrogens with one attached hydrogen (secondary N) is 1. The molecule has 11 nitrogen and oxygen atoms in total. The molecule has 0 aliphatic carbocycles. The fourth-order valence-electron chi connectivity index (χ4n) is 6.68. The van der Waals surface area contributed by atoms with Gasteiger partial charge in [0.15, 0.2) is 0 Å². The fourth-order valence-corrected chi connectivity index (χ4v) is 6.68. The van der Waals surface area contributed by atoms with Crippen LogP contribution in [0.2, 0.25) is 0 Å². The highest BCUT2D eigenvalue weighted by Gasteiger charge is 2.46. The van der Waals surface area contributed by atoms with Crippen molar-refractivity contribution in [2.75, 3.05) is 5.73 Å². The average molecular weight is 643 g/mol. The monoisotopic (exact) mass is 642 g/mol. The largest absolute Gasteiger partial charge is 0.398 e. The summed E-state index contributed by atoms with van der Waals surface area (Å²) < 4.78 is 1.69. The fraction of sp³-hybridized carbons (Fsp3) is 0.243. The molecule has 0 saturated carbocycles. The van der Waals surface area contributed by atoms with Gasteiger partial charge in [-0.1, -0.05) is 78.9 Å². The minimum Gasteiger partial charge on any atom is -0.398 e. The molecule has 0 bridgehead atoms. The second-order valence-corrected chi connectivity index (χ2v) is 12.5. The van der Waals surface area contributed by atoms with Crippen molar-refractivity contribution in [1.29, 1.82) is 0 Å². The first-order valence-corrected chi connectivity index (χ1v) is 16.1. The van der Waals surface area contributed by atoms with Crippen LogP contribution in [0.15, 0.2) is 116 Å². The Morgan fingerprint density at radius 1 is 0.729 bits per heavy atom. The number of benzene rings is 4. The van der Waals surface area contributed by atoms with E-state index in [1.165, 1.54) is 6.33 Å². The number of carbonyl (C=O) groups is 1. The summed E-state index contributed by atoms with van der Waals surface area (Å²) in [5, 5.41) is 36.3. The van der Waals surface area contributed by atoms with Gasteiger partial charge in [-0.2, -0.15) is 10.2 Å². The number of H-pyrrole nitrogens is 1. The van der Waals surface area contributed by atoms with E-state index >= 15 is 4.79 Å². The van der Waals surface area contributed by atoms with Crippen LogP contribution in [0, 0.1) is 0 Å². The SMILES string of the molecule is Nc1ccc(CN2C(=O)N(Cc3ccc4[nH]ncc4c3)[C@H](Cc3ccccc3)[C@H](O)[C@@H](O)[C@H]2Cc2ccccc2)cc1Cn1cncn1. The molecule has 244 valence electrons. The minimum absolute atomic E-state index is 0.195. The average Bonchev–Trinajstić information content (AvgIpc) is 3.80. The van der Waals surface area contributed by atoms with Crippen LogP contribution in [-0.2, 0) is 32.5 Å². The van der Waals surface area contributed by atoms with E-state index in [-0.39, 0.29) is 19.1 Å². The molecule has 11 heteroatoms. The lowest BCUT2D eigenvalue weighted by Crippen LogP contribution is -2.50. The Hall–Kier alpha value is -5.52. The summed E-state index contributed by atoms with van der Waals surface area (Å²) in [6, 6.07) is 29.5. The Morgan fingerprint density at radius 3 is 1.94 bits per heavy atom. The van der Waals surface area contributed by atoms with Crippen molar-refractivity contribution in [1.82, 2.24) is 34.8 Å². The lowest BCUT2D eigenvalue weighted by molar-refractivity contribution is -0.0408. The lowest BCUT2D eigenvalue weighted by atomic mass is 9.91. The number of aromatic amines is 1. The molecule has 0 radical (unpaired) electrons. The van der Waals surface area contributed by atoms with Gasteiger partial charge in [0.2, 0.25) is 0 Å². The number of hydrogen-bond acceptors (Lipinski definition) is 7. The number of hydrogen-bond donors (Lipinski definition) is 4. The minimum atomic E-state index is -1.23. The van der Waals surface area contributed by atoms with Gasteiger partial charge in [-0.05, 0) is 58.9 Å². The van der Waals surface area contributed by atoms with Gasteiger partial charge in [-0.3, -0.25) is 5.10 Å². The van der Waals surface area contributed by atoms with Crippen LogP contribution >= 0.6 is 0 Å². The van der Waals surface area contributed by atoms with Crippen molar-refractivity contribution < 1.29 is 15.0 Å². The number of aliphatic hydroxyl groups excluding tert-OH is 2. The molecule has 2 aromatic heterocycles. The number of nitrogens with zero attached hydrogens (tertiary/aromatic N) is 6. The summed E-state index contributed by atoms with van der Waals surface area (Å²) in [6.45, 7) is 0.847. The molecule has 0 unspecified atom stereocenters. The molecule has 1 aliphatic heterocycles. The maximum atomic E-state index is 15.0. The molecule has 48 heavy (non-hydrogen) atoms. The van der Waals surface area contributed by atoms with E-state index in [1.54, 1.807) is 27.0 Å². The summed E-state index contributed by atoms with van der Waals surface area (Å²) >= 11 is 0. The van der Waals surface area contributed by atoms with Crippen LogP contribution in [0.1, 0.15) is 27.8 Å². The lowest BCUT2D eigenvalue weighted by Gasteiger charge is -2.36. The summed E-state index contributed by atoms with van der Waals surface area (Å²) in [5.41, 5.74) is 12.3. The highest BCUT2D eigenvalue weighted by atomic mass is 16.3. The number of nitrogens with two attached hydrogens (primary N) is 1. The zero-order chi connectivity index (χ0) is 33.0. The number of aliphatic hydroxyl groups is 2. The third-order valence-electron chi connectivity index (χ3n) is 9.22. The van der Waals surface area contributed by atoms with Crippen molar-refractivity contribution in [3.05, 3.63) is 144 Å². The molecule has 4 aromatic carbocycles. The van der Waals surface area contributed by atoms with Gasteiger partial charge >= 0.3 is 6.03 Å². The third-order valence-corrected chi connectivity index (χ3v) is 9.22. The Bertz CT molecular complexity index is 1970. The van der Waals surface area contributed by atoms with E-state index in [1.807, 2.05) is 97.1 Å².